The van der Waals surface area contributed by atoms with Crippen molar-refractivity contribution in [1.29, 1.82) is 0 Å². The predicted octanol–water partition coefficient (Wildman–Crippen LogP) is 3.22. The highest BCUT2D eigenvalue weighted by Crippen LogP contribution is 2.29. The van der Waals surface area contributed by atoms with Gasteiger partial charge in [-0.25, -0.2) is 4.98 Å². The number of carbonyl (C=O) groups is 1. The van der Waals surface area contributed by atoms with Crippen LogP contribution in [0.25, 0.3) is 0 Å². The number of ketones is 1. The Morgan fingerprint density at radius 1 is 1.29 bits per heavy atom. The minimum absolute atomic E-state index is 0.0399. The van der Waals surface area contributed by atoms with Gasteiger partial charge in [-0.15, -0.1) is 0 Å². The predicted molar refractivity (Wildman–Crippen MR) is 74.8 cm³/mol. The maximum atomic E-state index is 11.6. The molecule has 1 aliphatic carbocycles. The maximum absolute atomic E-state index is 11.6. The van der Waals surface area contributed by atoms with Gasteiger partial charge < -0.3 is 4.74 Å². The van der Waals surface area contributed by atoms with Crippen LogP contribution in [-0.2, 0) is 6.42 Å². The van der Waals surface area contributed by atoms with Crippen LogP contribution in [0.2, 0.25) is 0 Å². The van der Waals surface area contributed by atoms with Crippen LogP contribution in [0.3, 0.4) is 0 Å². The second-order valence-corrected chi connectivity index (χ2v) is 4.91. The van der Waals surface area contributed by atoms with Crippen molar-refractivity contribution in [2.75, 3.05) is 0 Å². The van der Waals surface area contributed by atoms with Gasteiger partial charge >= 0.3 is 0 Å². The van der Waals surface area contributed by atoms with E-state index in [9.17, 15) is 14.9 Å². The van der Waals surface area contributed by atoms with Crippen LogP contribution >= 0.6 is 0 Å². The standard InChI is InChI=1S/C15H12N2O4/c1-9-6-15(16-8-13(9)17(19)20)21-11-3-4-12-10(7-11)2-5-14(12)18/h3-4,6-8H,2,5H2,1H3. The Kier molecular flexibility index (Phi) is 3.13. The average molecular weight is 284 g/mol. The maximum Gasteiger partial charge on any atom is 0.290 e. The van der Waals surface area contributed by atoms with E-state index in [1.165, 1.54) is 12.3 Å². The summed E-state index contributed by atoms with van der Waals surface area (Å²) in [5.74, 6) is 1.02. The first kappa shape index (κ1) is 13.2. The first-order valence-corrected chi connectivity index (χ1v) is 6.49. The van der Waals surface area contributed by atoms with Crippen LogP contribution < -0.4 is 4.74 Å². The van der Waals surface area contributed by atoms with Crippen molar-refractivity contribution in [1.82, 2.24) is 4.98 Å². The van der Waals surface area contributed by atoms with Gasteiger partial charge in [0.05, 0.1) is 4.92 Å². The molecule has 1 heterocycles. The molecule has 0 fully saturated rings. The molecule has 1 aliphatic rings. The lowest BCUT2D eigenvalue weighted by Crippen LogP contribution is -1.96. The van der Waals surface area contributed by atoms with E-state index in [0.29, 0.717) is 23.6 Å². The molecule has 2 aromatic rings. The third-order valence-electron chi connectivity index (χ3n) is 3.48. The molecule has 3 rings (SSSR count). The summed E-state index contributed by atoms with van der Waals surface area (Å²) in [4.78, 5) is 25.8. The highest BCUT2D eigenvalue weighted by molar-refractivity contribution is 6.00. The molecule has 1 aromatic carbocycles. The average Bonchev–Trinajstić information content (AvgIpc) is 2.80. The van der Waals surface area contributed by atoms with Crippen molar-refractivity contribution < 1.29 is 14.5 Å². The molecule has 0 aliphatic heterocycles. The molecule has 0 amide bonds. The van der Waals surface area contributed by atoms with E-state index in [-0.39, 0.29) is 11.5 Å². The minimum Gasteiger partial charge on any atom is -0.439 e. The molecule has 0 saturated carbocycles. The number of hydrogen-bond acceptors (Lipinski definition) is 5. The zero-order valence-corrected chi connectivity index (χ0v) is 11.3. The van der Waals surface area contributed by atoms with Crippen molar-refractivity contribution in [2.24, 2.45) is 0 Å². The summed E-state index contributed by atoms with van der Waals surface area (Å²) in [5, 5.41) is 10.7. The van der Waals surface area contributed by atoms with Crippen molar-refractivity contribution in [3.8, 4) is 11.6 Å². The lowest BCUT2D eigenvalue weighted by molar-refractivity contribution is -0.385. The summed E-state index contributed by atoms with van der Waals surface area (Å²) in [6.07, 6.45) is 2.44. The third kappa shape index (κ3) is 2.47. The second-order valence-electron chi connectivity index (χ2n) is 4.91. The topological polar surface area (TPSA) is 82.3 Å². The van der Waals surface area contributed by atoms with Gasteiger partial charge in [0.1, 0.15) is 11.9 Å². The Balaban J connectivity index is 1.86. The largest absolute Gasteiger partial charge is 0.439 e. The van der Waals surface area contributed by atoms with E-state index in [1.807, 2.05) is 6.07 Å². The fourth-order valence-corrected chi connectivity index (χ4v) is 2.39. The van der Waals surface area contributed by atoms with Crippen LogP contribution in [0.1, 0.15) is 27.9 Å². The number of rotatable bonds is 3. The number of benzene rings is 1. The number of nitrogens with zero attached hydrogens (tertiary/aromatic N) is 2. The van der Waals surface area contributed by atoms with Gasteiger partial charge in [-0.2, -0.15) is 0 Å². The van der Waals surface area contributed by atoms with Crippen LogP contribution in [0, 0.1) is 17.0 Å². The summed E-state index contributed by atoms with van der Waals surface area (Å²) in [7, 11) is 0. The van der Waals surface area contributed by atoms with Crippen LogP contribution in [0.4, 0.5) is 5.69 Å². The van der Waals surface area contributed by atoms with E-state index in [4.69, 9.17) is 4.74 Å². The van der Waals surface area contributed by atoms with E-state index in [1.54, 1.807) is 19.1 Å². The summed E-state index contributed by atoms with van der Waals surface area (Å²) < 4.78 is 5.61. The van der Waals surface area contributed by atoms with E-state index in [2.05, 4.69) is 4.98 Å². The zero-order valence-electron chi connectivity index (χ0n) is 11.3. The van der Waals surface area contributed by atoms with E-state index >= 15 is 0 Å². The Morgan fingerprint density at radius 3 is 2.81 bits per heavy atom. The quantitative estimate of drug-likeness (QED) is 0.638. The summed E-state index contributed by atoms with van der Waals surface area (Å²) in [5.41, 5.74) is 2.16. The Labute approximate surface area is 120 Å². The molecule has 21 heavy (non-hydrogen) atoms. The van der Waals surface area contributed by atoms with Gasteiger partial charge in [0, 0.05) is 23.6 Å². The second kappa shape index (κ2) is 4.97. The van der Waals surface area contributed by atoms with Gasteiger partial charge in [-0.1, -0.05) is 0 Å². The van der Waals surface area contributed by atoms with Crippen LogP contribution in [0.5, 0.6) is 11.6 Å². The fraction of sp³-hybridized carbons (Fsp3) is 0.200. The number of pyridine rings is 1. The smallest absolute Gasteiger partial charge is 0.290 e. The number of hydrogen-bond donors (Lipinski definition) is 0. The fourth-order valence-electron chi connectivity index (χ4n) is 2.39. The number of aryl methyl sites for hydroxylation is 2. The number of Topliss-reactive ketones (excluding diaryl/α,β-unsaturated/α-hetero) is 1. The molecule has 0 atom stereocenters. The Bertz CT molecular complexity index is 755. The van der Waals surface area contributed by atoms with E-state index in [0.717, 1.165) is 17.5 Å². The number of carbonyl (C=O) groups excluding carboxylic acids is 1. The van der Waals surface area contributed by atoms with E-state index < -0.39 is 4.92 Å². The SMILES string of the molecule is Cc1cc(Oc2ccc3c(c2)CCC3=O)ncc1[N+](=O)[O-]. The first-order chi connectivity index (χ1) is 10.0. The number of fused-ring (bicyclic) bond motifs is 1. The van der Waals surface area contributed by atoms with Crippen molar-refractivity contribution >= 4 is 11.5 Å². The molecule has 0 unspecified atom stereocenters. The van der Waals surface area contributed by atoms with Gasteiger partial charge in [-0.3, -0.25) is 14.9 Å². The van der Waals surface area contributed by atoms with Crippen LogP contribution in [0.15, 0.2) is 30.5 Å². The summed E-state index contributed by atoms with van der Waals surface area (Å²) in [6, 6.07) is 6.80. The van der Waals surface area contributed by atoms with Crippen molar-refractivity contribution in [3.05, 3.63) is 57.3 Å². The number of aromatic nitrogens is 1. The third-order valence-corrected chi connectivity index (χ3v) is 3.48. The molecule has 6 nitrogen and oxygen atoms in total. The molecule has 6 heteroatoms. The van der Waals surface area contributed by atoms with Crippen LogP contribution in [-0.4, -0.2) is 15.7 Å². The molecule has 106 valence electrons. The van der Waals surface area contributed by atoms with Crippen molar-refractivity contribution in [2.45, 2.75) is 19.8 Å². The highest BCUT2D eigenvalue weighted by Gasteiger charge is 2.20. The summed E-state index contributed by atoms with van der Waals surface area (Å²) >= 11 is 0. The Hall–Kier alpha value is -2.76. The molecule has 0 N–H and O–H groups in total. The van der Waals surface area contributed by atoms with Crippen molar-refractivity contribution in [3.63, 3.8) is 0 Å². The van der Waals surface area contributed by atoms with Gasteiger partial charge in [0.2, 0.25) is 5.88 Å². The monoisotopic (exact) mass is 284 g/mol. The number of ether oxygens (including phenoxy) is 1. The minimum atomic E-state index is -0.479. The molecule has 0 radical (unpaired) electrons. The number of nitro groups is 1. The lowest BCUT2D eigenvalue weighted by Gasteiger charge is -2.07. The normalized spacial score (nSPS) is 13.1. The lowest BCUT2D eigenvalue weighted by atomic mass is 10.1. The molecule has 1 aromatic heterocycles. The van der Waals surface area contributed by atoms with Gasteiger partial charge in [0.15, 0.2) is 5.78 Å². The zero-order chi connectivity index (χ0) is 15.0. The molecular weight excluding hydrogens is 272 g/mol. The molecule has 0 spiro atoms. The molecule has 0 bridgehead atoms. The highest BCUT2D eigenvalue weighted by atomic mass is 16.6. The first-order valence-electron chi connectivity index (χ1n) is 6.49. The molecular formula is C15H12N2O4. The molecule has 0 saturated heterocycles. The van der Waals surface area contributed by atoms with Gasteiger partial charge in [-0.05, 0) is 37.1 Å². The summed E-state index contributed by atoms with van der Waals surface area (Å²) in [6.45, 7) is 1.63. The van der Waals surface area contributed by atoms with Gasteiger partial charge in [0.25, 0.3) is 5.69 Å². The Morgan fingerprint density at radius 2 is 2.10 bits per heavy atom.